The standard InChI is InChI=1S/C4H4BN3/c5-3-4-6-1-2-7-8-4/h1-2H,3H2. The highest BCUT2D eigenvalue weighted by molar-refractivity contribution is 6.07. The van der Waals surface area contributed by atoms with Gasteiger partial charge in [-0.25, -0.2) is 4.98 Å². The van der Waals surface area contributed by atoms with Crippen molar-refractivity contribution in [3.63, 3.8) is 0 Å². The molecule has 0 N–H and O–H groups in total. The van der Waals surface area contributed by atoms with E-state index in [1.54, 1.807) is 6.20 Å². The van der Waals surface area contributed by atoms with Crippen LogP contribution in [-0.4, -0.2) is 23.0 Å². The summed E-state index contributed by atoms with van der Waals surface area (Å²) in [5.74, 6) is 0.576. The van der Waals surface area contributed by atoms with Crippen molar-refractivity contribution in [2.24, 2.45) is 0 Å². The monoisotopic (exact) mass is 105 g/mol. The number of rotatable bonds is 1. The number of hydrogen-bond donors (Lipinski definition) is 0. The molecule has 0 saturated heterocycles. The van der Waals surface area contributed by atoms with Crippen molar-refractivity contribution >= 4 is 7.85 Å². The third-order valence-electron chi connectivity index (χ3n) is 0.713. The van der Waals surface area contributed by atoms with Gasteiger partial charge >= 0.3 is 0 Å². The van der Waals surface area contributed by atoms with E-state index in [2.05, 4.69) is 15.2 Å². The topological polar surface area (TPSA) is 38.7 Å². The normalized spacial score (nSPS) is 9.00. The first kappa shape index (κ1) is 5.22. The molecular formula is C4H4BN3. The zero-order valence-electron chi connectivity index (χ0n) is 4.28. The van der Waals surface area contributed by atoms with Crippen molar-refractivity contribution in [2.45, 2.75) is 6.32 Å². The van der Waals surface area contributed by atoms with Crippen LogP contribution in [0.25, 0.3) is 0 Å². The van der Waals surface area contributed by atoms with E-state index >= 15 is 0 Å². The van der Waals surface area contributed by atoms with E-state index in [4.69, 9.17) is 7.85 Å². The molecule has 4 heteroatoms. The molecule has 0 spiro atoms. The number of hydrogen-bond acceptors (Lipinski definition) is 3. The quantitative estimate of drug-likeness (QED) is 0.453. The molecule has 0 saturated carbocycles. The Morgan fingerprint density at radius 2 is 2.38 bits per heavy atom. The summed E-state index contributed by atoms with van der Waals surface area (Å²) < 4.78 is 0. The van der Waals surface area contributed by atoms with E-state index in [9.17, 15) is 0 Å². The van der Waals surface area contributed by atoms with E-state index in [0.29, 0.717) is 12.1 Å². The molecule has 0 aromatic carbocycles. The fourth-order valence-electron chi connectivity index (χ4n) is 0.369. The zero-order chi connectivity index (χ0) is 5.82. The fourth-order valence-corrected chi connectivity index (χ4v) is 0.369. The van der Waals surface area contributed by atoms with Gasteiger partial charge in [-0.1, -0.05) is 0 Å². The van der Waals surface area contributed by atoms with Gasteiger partial charge in [-0.2, -0.15) is 5.10 Å². The van der Waals surface area contributed by atoms with Gasteiger partial charge in [-0.15, -0.1) is 5.10 Å². The Bertz CT molecular complexity index is 153. The van der Waals surface area contributed by atoms with Crippen molar-refractivity contribution in [3.05, 3.63) is 18.2 Å². The van der Waals surface area contributed by atoms with Crippen LogP contribution in [0.4, 0.5) is 0 Å². The Labute approximate surface area is 48.6 Å². The maximum absolute atomic E-state index is 5.18. The second-order valence-electron chi connectivity index (χ2n) is 1.26. The third kappa shape index (κ3) is 1.02. The van der Waals surface area contributed by atoms with Crippen LogP contribution in [0.3, 0.4) is 0 Å². The molecular weight excluding hydrogens is 101 g/mol. The number of nitrogens with zero attached hydrogens (tertiary/aromatic N) is 3. The Balaban J connectivity index is 2.83. The van der Waals surface area contributed by atoms with Crippen molar-refractivity contribution < 1.29 is 0 Å². The van der Waals surface area contributed by atoms with Crippen molar-refractivity contribution in [1.82, 2.24) is 15.2 Å². The number of aromatic nitrogens is 3. The van der Waals surface area contributed by atoms with Crippen LogP contribution >= 0.6 is 0 Å². The molecule has 3 nitrogen and oxygen atoms in total. The molecule has 0 unspecified atom stereocenters. The summed E-state index contributed by atoms with van der Waals surface area (Å²) in [6.45, 7) is 0. The second kappa shape index (κ2) is 2.40. The van der Waals surface area contributed by atoms with Crippen molar-refractivity contribution in [1.29, 1.82) is 0 Å². The van der Waals surface area contributed by atoms with Crippen LogP contribution in [0.1, 0.15) is 5.82 Å². The van der Waals surface area contributed by atoms with Gasteiger partial charge in [0.1, 0.15) is 5.82 Å². The maximum Gasteiger partial charge on any atom is 0.142 e. The minimum Gasteiger partial charge on any atom is -0.239 e. The lowest BCUT2D eigenvalue weighted by molar-refractivity contribution is 0.894. The summed E-state index contributed by atoms with van der Waals surface area (Å²) in [7, 11) is 5.18. The molecule has 1 aromatic rings. The molecule has 0 amide bonds. The Kier molecular flexibility index (Phi) is 1.56. The first-order valence-corrected chi connectivity index (χ1v) is 2.26. The minimum atomic E-state index is 0.355. The largest absolute Gasteiger partial charge is 0.239 e. The van der Waals surface area contributed by atoms with Crippen LogP contribution in [0, 0.1) is 0 Å². The van der Waals surface area contributed by atoms with Gasteiger partial charge in [0, 0.05) is 6.20 Å². The van der Waals surface area contributed by atoms with Gasteiger partial charge in [0.05, 0.1) is 14.0 Å². The molecule has 0 aliphatic rings. The maximum atomic E-state index is 5.18. The average molecular weight is 105 g/mol. The van der Waals surface area contributed by atoms with Gasteiger partial charge in [0.15, 0.2) is 0 Å². The lowest BCUT2D eigenvalue weighted by Gasteiger charge is -1.86. The van der Waals surface area contributed by atoms with Crippen molar-refractivity contribution in [2.75, 3.05) is 0 Å². The highest BCUT2D eigenvalue weighted by Gasteiger charge is 1.84. The zero-order valence-corrected chi connectivity index (χ0v) is 4.28. The van der Waals surface area contributed by atoms with Gasteiger partial charge in [0.25, 0.3) is 0 Å². The van der Waals surface area contributed by atoms with Gasteiger partial charge in [-0.3, -0.25) is 0 Å². The SMILES string of the molecule is [B]Cc1nccnn1. The highest BCUT2D eigenvalue weighted by Crippen LogP contribution is 1.79. The summed E-state index contributed by atoms with van der Waals surface area (Å²) in [5, 5.41) is 7.17. The van der Waals surface area contributed by atoms with Gasteiger partial charge in [-0.05, 0) is 6.32 Å². The molecule has 0 atom stereocenters. The average Bonchev–Trinajstić information content (AvgIpc) is 1.90. The van der Waals surface area contributed by atoms with Crippen LogP contribution in [0.5, 0.6) is 0 Å². The lowest BCUT2D eigenvalue weighted by Crippen LogP contribution is -1.94. The van der Waals surface area contributed by atoms with E-state index in [1.165, 1.54) is 6.20 Å². The van der Waals surface area contributed by atoms with Crippen LogP contribution in [0.2, 0.25) is 0 Å². The predicted octanol–water partition coefficient (Wildman–Crippen LogP) is -0.460. The van der Waals surface area contributed by atoms with Crippen molar-refractivity contribution in [3.8, 4) is 0 Å². The Morgan fingerprint density at radius 1 is 1.50 bits per heavy atom. The summed E-state index contributed by atoms with van der Waals surface area (Å²) >= 11 is 0. The summed E-state index contributed by atoms with van der Waals surface area (Å²) in [6, 6.07) is 0. The van der Waals surface area contributed by atoms with Crippen LogP contribution in [0.15, 0.2) is 12.4 Å². The molecule has 38 valence electrons. The molecule has 8 heavy (non-hydrogen) atoms. The van der Waals surface area contributed by atoms with Crippen LogP contribution in [-0.2, 0) is 6.32 Å². The van der Waals surface area contributed by atoms with Crippen LogP contribution < -0.4 is 0 Å². The molecule has 2 radical (unpaired) electrons. The van der Waals surface area contributed by atoms with Gasteiger partial charge < -0.3 is 0 Å². The second-order valence-corrected chi connectivity index (χ2v) is 1.26. The smallest absolute Gasteiger partial charge is 0.142 e. The third-order valence-corrected chi connectivity index (χ3v) is 0.713. The summed E-state index contributed by atoms with van der Waals surface area (Å²) in [6.07, 6.45) is 3.43. The molecule has 0 aliphatic heterocycles. The minimum absolute atomic E-state index is 0.355. The molecule has 1 rings (SSSR count). The molecule has 0 fully saturated rings. The molecule has 0 aliphatic carbocycles. The van der Waals surface area contributed by atoms with Gasteiger partial charge in [0.2, 0.25) is 0 Å². The van der Waals surface area contributed by atoms with E-state index < -0.39 is 0 Å². The fraction of sp³-hybridized carbons (Fsp3) is 0.250. The van der Waals surface area contributed by atoms with E-state index in [-0.39, 0.29) is 0 Å². The summed E-state index contributed by atoms with van der Waals surface area (Å²) in [4.78, 5) is 3.80. The summed E-state index contributed by atoms with van der Waals surface area (Å²) in [5.41, 5.74) is 0. The predicted molar refractivity (Wildman–Crippen MR) is 29.3 cm³/mol. The Hall–Kier alpha value is -0.925. The Morgan fingerprint density at radius 3 is 2.75 bits per heavy atom. The first-order chi connectivity index (χ1) is 3.93. The van der Waals surface area contributed by atoms with E-state index in [1.807, 2.05) is 0 Å². The molecule has 0 bridgehead atoms. The molecule has 1 heterocycles. The first-order valence-electron chi connectivity index (χ1n) is 2.26. The van der Waals surface area contributed by atoms with E-state index in [0.717, 1.165) is 0 Å². The highest BCUT2D eigenvalue weighted by atomic mass is 15.1. The lowest BCUT2D eigenvalue weighted by atomic mass is 10.1. The molecule has 1 aromatic heterocycles.